The highest BCUT2D eigenvalue weighted by Crippen LogP contribution is 2.48. The highest BCUT2D eigenvalue weighted by molar-refractivity contribution is 5.95. The first-order valence-electron chi connectivity index (χ1n) is 11.0. The molecule has 3 aliphatic heterocycles. The van der Waals surface area contributed by atoms with Crippen molar-refractivity contribution in [1.82, 2.24) is 14.7 Å². The van der Waals surface area contributed by atoms with Crippen molar-refractivity contribution in [2.45, 2.75) is 69.1 Å². The summed E-state index contributed by atoms with van der Waals surface area (Å²) < 4.78 is 12.7. The molecule has 0 saturated carbocycles. The van der Waals surface area contributed by atoms with Gasteiger partial charge < -0.3 is 19.5 Å². The first kappa shape index (κ1) is 18.2. The maximum atomic E-state index is 13.7. The zero-order chi connectivity index (χ0) is 20.5. The van der Waals surface area contributed by atoms with Gasteiger partial charge in [0.05, 0.1) is 11.3 Å². The van der Waals surface area contributed by atoms with E-state index >= 15 is 0 Å². The van der Waals surface area contributed by atoms with Gasteiger partial charge in [-0.15, -0.1) is 0 Å². The fourth-order valence-electron chi connectivity index (χ4n) is 6.05. The predicted octanol–water partition coefficient (Wildman–Crippen LogP) is 2.68. The standard InChI is InChI=1S/C23H27N3O4/c1-25-21(17-4-2-3-5-18(17)24-25)22(27)26-15-7-8-16(26)12-23(28,11-15)14-6-9-19-20(10-14)30-13-29-19/h6,9-10,15-16,28H,2-5,7-8,11-13H2,1H3/t15-,16-/m0/s1. The molecule has 2 aromatic rings. The molecule has 4 heterocycles. The second-order valence-corrected chi connectivity index (χ2v) is 9.21. The minimum Gasteiger partial charge on any atom is -0.454 e. The van der Waals surface area contributed by atoms with E-state index in [2.05, 4.69) is 5.10 Å². The van der Waals surface area contributed by atoms with Crippen LogP contribution >= 0.6 is 0 Å². The van der Waals surface area contributed by atoms with Crippen LogP contribution in [0.1, 0.15) is 65.8 Å². The molecular weight excluding hydrogens is 382 g/mol. The SMILES string of the molecule is Cn1nc2c(c1C(=O)N1[C@H]3CC[C@H]1CC(O)(c1ccc4c(c1)OCO4)C3)CCCC2. The largest absolute Gasteiger partial charge is 0.454 e. The van der Waals surface area contributed by atoms with Crippen molar-refractivity contribution in [1.29, 1.82) is 0 Å². The summed E-state index contributed by atoms with van der Waals surface area (Å²) in [5, 5.41) is 16.2. The predicted molar refractivity (Wildman–Crippen MR) is 109 cm³/mol. The number of carbonyl (C=O) groups excluding carboxylic acids is 1. The van der Waals surface area contributed by atoms with Gasteiger partial charge in [0.15, 0.2) is 11.5 Å². The van der Waals surface area contributed by atoms with Crippen molar-refractivity contribution >= 4 is 5.91 Å². The molecule has 1 N–H and O–H groups in total. The van der Waals surface area contributed by atoms with E-state index in [4.69, 9.17) is 9.47 Å². The van der Waals surface area contributed by atoms with E-state index in [1.165, 1.54) is 0 Å². The summed E-state index contributed by atoms with van der Waals surface area (Å²) in [6.07, 6.45) is 7.14. The molecule has 30 heavy (non-hydrogen) atoms. The summed E-state index contributed by atoms with van der Waals surface area (Å²) in [7, 11) is 1.89. The summed E-state index contributed by atoms with van der Waals surface area (Å²) in [6, 6.07) is 5.79. The minimum absolute atomic E-state index is 0.0424. The second kappa shape index (κ2) is 6.48. The van der Waals surface area contributed by atoms with Gasteiger partial charge in [0.25, 0.3) is 5.91 Å². The van der Waals surface area contributed by atoms with Crippen LogP contribution < -0.4 is 9.47 Å². The Bertz CT molecular complexity index is 1020. The van der Waals surface area contributed by atoms with E-state index in [0.29, 0.717) is 18.6 Å². The van der Waals surface area contributed by atoms with Gasteiger partial charge in [-0.1, -0.05) is 6.07 Å². The summed E-state index contributed by atoms with van der Waals surface area (Å²) in [5.41, 5.74) is 2.90. The maximum Gasteiger partial charge on any atom is 0.272 e. The third kappa shape index (κ3) is 2.61. The summed E-state index contributed by atoms with van der Waals surface area (Å²) in [4.78, 5) is 15.7. The van der Waals surface area contributed by atoms with Crippen molar-refractivity contribution in [2.24, 2.45) is 7.05 Å². The Morgan fingerprint density at radius 3 is 2.67 bits per heavy atom. The maximum absolute atomic E-state index is 13.7. The molecule has 1 aromatic heterocycles. The number of rotatable bonds is 2. The summed E-state index contributed by atoms with van der Waals surface area (Å²) in [5.74, 6) is 1.50. The zero-order valence-electron chi connectivity index (χ0n) is 17.3. The zero-order valence-corrected chi connectivity index (χ0v) is 17.3. The topological polar surface area (TPSA) is 76.8 Å². The van der Waals surface area contributed by atoms with Gasteiger partial charge in [-0.3, -0.25) is 9.48 Å². The monoisotopic (exact) mass is 409 g/mol. The first-order chi connectivity index (χ1) is 14.5. The van der Waals surface area contributed by atoms with E-state index in [1.807, 2.05) is 30.1 Å². The summed E-state index contributed by atoms with van der Waals surface area (Å²) >= 11 is 0. The lowest BCUT2D eigenvalue weighted by molar-refractivity contribution is -0.0482. The number of amides is 1. The fourth-order valence-corrected chi connectivity index (χ4v) is 6.05. The molecule has 2 fully saturated rings. The highest BCUT2D eigenvalue weighted by Gasteiger charge is 2.51. The third-order valence-corrected chi connectivity index (χ3v) is 7.43. The Kier molecular flexibility index (Phi) is 3.94. The van der Waals surface area contributed by atoms with E-state index in [0.717, 1.165) is 66.8 Å². The van der Waals surface area contributed by atoms with Crippen molar-refractivity contribution in [2.75, 3.05) is 6.79 Å². The Morgan fingerprint density at radius 1 is 1.13 bits per heavy atom. The molecule has 0 radical (unpaired) electrons. The molecule has 7 nitrogen and oxygen atoms in total. The van der Waals surface area contributed by atoms with Crippen molar-refractivity contribution in [3.05, 3.63) is 40.7 Å². The number of aliphatic hydroxyl groups is 1. The first-order valence-corrected chi connectivity index (χ1v) is 11.0. The van der Waals surface area contributed by atoms with Gasteiger partial charge in [-0.05, 0) is 56.2 Å². The molecule has 0 unspecified atom stereocenters. The quantitative estimate of drug-likeness (QED) is 0.825. The van der Waals surface area contributed by atoms with Crippen LogP contribution in [-0.2, 0) is 25.5 Å². The number of benzene rings is 1. The van der Waals surface area contributed by atoms with Gasteiger partial charge in [-0.25, -0.2) is 0 Å². The van der Waals surface area contributed by atoms with Crippen molar-refractivity contribution in [3.63, 3.8) is 0 Å². The fraction of sp³-hybridized carbons (Fsp3) is 0.565. The second-order valence-electron chi connectivity index (χ2n) is 9.21. The Morgan fingerprint density at radius 2 is 1.87 bits per heavy atom. The minimum atomic E-state index is -0.949. The van der Waals surface area contributed by atoms with Crippen LogP contribution in [0.3, 0.4) is 0 Å². The number of ether oxygens (including phenoxy) is 2. The van der Waals surface area contributed by atoms with Crippen LogP contribution in [-0.4, -0.2) is 44.6 Å². The normalized spacial score (nSPS) is 29.2. The van der Waals surface area contributed by atoms with Crippen LogP contribution in [0, 0.1) is 0 Å². The number of piperidine rings is 1. The van der Waals surface area contributed by atoms with Gasteiger partial charge in [0, 0.05) is 37.5 Å². The number of hydrogen-bond donors (Lipinski definition) is 1. The number of carbonyl (C=O) groups is 1. The Hall–Kier alpha value is -2.54. The third-order valence-electron chi connectivity index (χ3n) is 7.43. The lowest BCUT2D eigenvalue weighted by atomic mass is 9.80. The van der Waals surface area contributed by atoms with E-state index < -0.39 is 5.60 Å². The van der Waals surface area contributed by atoms with Crippen molar-refractivity contribution in [3.8, 4) is 11.5 Å². The van der Waals surface area contributed by atoms with E-state index in [1.54, 1.807) is 4.68 Å². The average molecular weight is 409 g/mol. The van der Waals surface area contributed by atoms with Gasteiger partial charge in [-0.2, -0.15) is 5.10 Å². The highest BCUT2D eigenvalue weighted by atomic mass is 16.7. The number of aryl methyl sites for hydroxylation is 2. The smallest absolute Gasteiger partial charge is 0.272 e. The molecule has 1 aliphatic carbocycles. The molecule has 1 aromatic carbocycles. The number of fused-ring (bicyclic) bond motifs is 4. The molecule has 158 valence electrons. The Balaban J connectivity index is 1.30. The average Bonchev–Trinajstić information content (AvgIpc) is 3.41. The van der Waals surface area contributed by atoms with Crippen LogP contribution in [0.4, 0.5) is 0 Å². The number of hydrogen-bond acceptors (Lipinski definition) is 5. The lowest BCUT2D eigenvalue weighted by Gasteiger charge is -2.44. The Labute approximate surface area is 175 Å². The van der Waals surface area contributed by atoms with Gasteiger partial charge >= 0.3 is 0 Å². The molecule has 1 amide bonds. The summed E-state index contributed by atoms with van der Waals surface area (Å²) in [6.45, 7) is 0.222. The molecule has 6 rings (SSSR count). The lowest BCUT2D eigenvalue weighted by Crippen LogP contribution is -2.52. The van der Waals surface area contributed by atoms with Crippen LogP contribution in [0.2, 0.25) is 0 Å². The van der Waals surface area contributed by atoms with Crippen LogP contribution in [0.15, 0.2) is 18.2 Å². The van der Waals surface area contributed by atoms with Crippen LogP contribution in [0.5, 0.6) is 11.5 Å². The molecule has 2 atom stereocenters. The molecule has 4 aliphatic rings. The number of aromatic nitrogens is 2. The van der Waals surface area contributed by atoms with E-state index in [-0.39, 0.29) is 24.8 Å². The van der Waals surface area contributed by atoms with Gasteiger partial charge in [0.1, 0.15) is 5.69 Å². The van der Waals surface area contributed by atoms with Crippen LogP contribution in [0.25, 0.3) is 0 Å². The molecule has 7 heteroatoms. The number of nitrogens with zero attached hydrogens (tertiary/aromatic N) is 3. The molecule has 0 spiro atoms. The van der Waals surface area contributed by atoms with Gasteiger partial charge in [0.2, 0.25) is 6.79 Å². The molecular formula is C23H27N3O4. The van der Waals surface area contributed by atoms with E-state index in [9.17, 15) is 9.90 Å². The molecule has 2 bridgehead atoms. The molecule has 2 saturated heterocycles. The van der Waals surface area contributed by atoms with Crippen molar-refractivity contribution < 1.29 is 19.4 Å².